The lowest BCUT2D eigenvalue weighted by molar-refractivity contribution is 0.707. The summed E-state index contributed by atoms with van der Waals surface area (Å²) >= 11 is 0. The van der Waals surface area contributed by atoms with Crippen LogP contribution in [0.3, 0.4) is 0 Å². The van der Waals surface area contributed by atoms with Crippen molar-refractivity contribution >= 4 is 22.4 Å². The van der Waals surface area contributed by atoms with Crippen LogP contribution in [0.5, 0.6) is 0 Å². The van der Waals surface area contributed by atoms with Crippen LogP contribution in [0.25, 0.3) is 11.0 Å². The van der Waals surface area contributed by atoms with Crippen LogP contribution >= 0.6 is 0 Å². The average Bonchev–Trinajstić information content (AvgIpc) is 2.92. The van der Waals surface area contributed by atoms with Gasteiger partial charge < -0.3 is 10.3 Å². The molecule has 0 aliphatic heterocycles. The standard InChI is InChI=1S/C21H21N3O/c1-15-7-9-16(10-8-15)14-24-20-12-11-18(13-19(20)23-21(24)25)22-17-5-3-2-4-6-17/h2-7,9-13,15,22H,8,14H2,1H3,(H,23,25). The zero-order valence-electron chi connectivity index (χ0n) is 14.2. The molecule has 1 unspecified atom stereocenters. The lowest BCUT2D eigenvalue weighted by Gasteiger charge is -2.12. The number of imidazole rings is 1. The van der Waals surface area contributed by atoms with Crippen LogP contribution in [0, 0.1) is 5.92 Å². The zero-order chi connectivity index (χ0) is 17.2. The first-order chi connectivity index (χ1) is 12.2. The number of rotatable bonds is 4. The van der Waals surface area contributed by atoms with Crippen molar-refractivity contribution in [3.63, 3.8) is 0 Å². The van der Waals surface area contributed by atoms with Crippen molar-refractivity contribution in [2.75, 3.05) is 5.32 Å². The minimum Gasteiger partial charge on any atom is -0.355 e. The van der Waals surface area contributed by atoms with Gasteiger partial charge in [0.1, 0.15) is 0 Å². The highest BCUT2D eigenvalue weighted by Gasteiger charge is 2.10. The number of aromatic nitrogens is 2. The Kier molecular flexibility index (Phi) is 4.02. The third kappa shape index (κ3) is 3.29. The summed E-state index contributed by atoms with van der Waals surface area (Å²) in [6.45, 7) is 2.80. The van der Waals surface area contributed by atoms with Gasteiger partial charge in [-0.1, -0.05) is 43.4 Å². The Bertz CT molecular complexity index is 1010. The van der Waals surface area contributed by atoms with E-state index < -0.39 is 0 Å². The van der Waals surface area contributed by atoms with Gasteiger partial charge >= 0.3 is 5.69 Å². The van der Waals surface area contributed by atoms with Gasteiger partial charge in [0.05, 0.1) is 17.6 Å². The first-order valence-corrected chi connectivity index (χ1v) is 8.61. The summed E-state index contributed by atoms with van der Waals surface area (Å²) in [7, 11) is 0. The van der Waals surface area contributed by atoms with Gasteiger partial charge in [0.15, 0.2) is 0 Å². The summed E-state index contributed by atoms with van der Waals surface area (Å²) in [5, 5.41) is 3.36. The van der Waals surface area contributed by atoms with E-state index in [0.29, 0.717) is 12.5 Å². The third-order valence-corrected chi connectivity index (χ3v) is 4.57. The van der Waals surface area contributed by atoms with Crippen molar-refractivity contribution in [3.8, 4) is 0 Å². The maximum absolute atomic E-state index is 12.4. The van der Waals surface area contributed by atoms with Gasteiger partial charge in [-0.05, 0) is 48.2 Å². The third-order valence-electron chi connectivity index (χ3n) is 4.57. The second-order valence-corrected chi connectivity index (χ2v) is 6.59. The van der Waals surface area contributed by atoms with Crippen molar-refractivity contribution in [2.45, 2.75) is 19.9 Å². The fraction of sp³-hybridized carbons (Fsp3) is 0.190. The van der Waals surface area contributed by atoms with Crippen LogP contribution in [-0.4, -0.2) is 9.55 Å². The molecule has 0 saturated carbocycles. The molecule has 0 fully saturated rings. The van der Waals surface area contributed by atoms with Gasteiger partial charge in [-0.25, -0.2) is 4.79 Å². The number of nitrogens with zero attached hydrogens (tertiary/aromatic N) is 1. The molecule has 1 aliphatic rings. The monoisotopic (exact) mass is 331 g/mol. The van der Waals surface area contributed by atoms with E-state index in [1.807, 2.05) is 48.5 Å². The van der Waals surface area contributed by atoms with Crippen molar-refractivity contribution in [1.82, 2.24) is 9.55 Å². The lowest BCUT2D eigenvalue weighted by Crippen LogP contribution is -2.18. The summed E-state index contributed by atoms with van der Waals surface area (Å²) in [6.07, 6.45) is 7.59. The second-order valence-electron chi connectivity index (χ2n) is 6.59. The molecule has 0 bridgehead atoms. The molecule has 0 radical (unpaired) electrons. The quantitative estimate of drug-likeness (QED) is 0.734. The average molecular weight is 331 g/mol. The Morgan fingerprint density at radius 1 is 1.16 bits per heavy atom. The predicted molar refractivity (Wildman–Crippen MR) is 103 cm³/mol. The topological polar surface area (TPSA) is 49.8 Å². The molecule has 0 spiro atoms. The normalized spacial score (nSPS) is 16.8. The van der Waals surface area contributed by atoms with Gasteiger partial charge in [0, 0.05) is 11.4 Å². The van der Waals surface area contributed by atoms with Gasteiger partial charge in [0.2, 0.25) is 0 Å². The number of H-pyrrole nitrogens is 1. The first kappa shape index (κ1) is 15.5. The number of aromatic amines is 1. The van der Waals surface area contributed by atoms with Crippen molar-refractivity contribution in [3.05, 3.63) is 82.8 Å². The van der Waals surface area contributed by atoms with E-state index in [9.17, 15) is 4.79 Å². The summed E-state index contributed by atoms with van der Waals surface area (Å²) in [5.41, 5.74) is 4.87. The van der Waals surface area contributed by atoms with E-state index in [-0.39, 0.29) is 5.69 Å². The minimum atomic E-state index is -0.0696. The molecule has 1 heterocycles. The van der Waals surface area contributed by atoms with Crippen LogP contribution in [0.1, 0.15) is 13.3 Å². The van der Waals surface area contributed by atoms with E-state index in [4.69, 9.17) is 0 Å². The van der Waals surface area contributed by atoms with Gasteiger partial charge in [0.25, 0.3) is 0 Å². The molecule has 4 rings (SSSR count). The van der Waals surface area contributed by atoms with Crippen LogP contribution in [0.4, 0.5) is 11.4 Å². The maximum atomic E-state index is 12.4. The molecule has 4 heteroatoms. The smallest absolute Gasteiger partial charge is 0.326 e. The molecule has 1 aromatic heterocycles. The Balaban J connectivity index is 1.63. The number of hydrogen-bond donors (Lipinski definition) is 2. The largest absolute Gasteiger partial charge is 0.355 e. The van der Waals surface area contributed by atoms with E-state index in [2.05, 4.69) is 35.5 Å². The Labute approximate surface area is 146 Å². The zero-order valence-corrected chi connectivity index (χ0v) is 14.2. The van der Waals surface area contributed by atoms with Crippen LogP contribution < -0.4 is 11.0 Å². The molecule has 3 aromatic rings. The maximum Gasteiger partial charge on any atom is 0.326 e. The lowest BCUT2D eigenvalue weighted by atomic mass is 9.98. The van der Waals surface area contributed by atoms with Crippen LogP contribution in [0.15, 0.2) is 77.1 Å². The van der Waals surface area contributed by atoms with E-state index in [1.165, 1.54) is 5.57 Å². The number of hydrogen-bond acceptors (Lipinski definition) is 2. The highest BCUT2D eigenvalue weighted by atomic mass is 16.1. The van der Waals surface area contributed by atoms with Crippen LogP contribution in [-0.2, 0) is 6.54 Å². The molecule has 1 aliphatic carbocycles. The summed E-state index contributed by atoms with van der Waals surface area (Å²) < 4.78 is 1.80. The molecular weight excluding hydrogens is 310 g/mol. The first-order valence-electron chi connectivity index (χ1n) is 8.61. The number of benzene rings is 2. The fourth-order valence-electron chi connectivity index (χ4n) is 3.16. The number of nitrogens with one attached hydrogen (secondary N) is 2. The predicted octanol–water partition coefficient (Wildman–Crippen LogP) is 4.60. The highest BCUT2D eigenvalue weighted by Crippen LogP contribution is 2.22. The van der Waals surface area contributed by atoms with Gasteiger partial charge in [-0.3, -0.25) is 4.57 Å². The number of anilines is 2. The molecule has 2 N–H and O–H groups in total. The Hall–Kier alpha value is -3.01. The number of fused-ring (bicyclic) bond motifs is 1. The van der Waals surface area contributed by atoms with Gasteiger partial charge in [-0.2, -0.15) is 0 Å². The summed E-state index contributed by atoms with van der Waals surface area (Å²) in [4.78, 5) is 15.3. The van der Waals surface area contributed by atoms with E-state index in [1.54, 1.807) is 4.57 Å². The van der Waals surface area contributed by atoms with E-state index in [0.717, 1.165) is 28.8 Å². The molecule has 0 amide bonds. The van der Waals surface area contributed by atoms with Gasteiger partial charge in [-0.15, -0.1) is 0 Å². The molecule has 4 nitrogen and oxygen atoms in total. The highest BCUT2D eigenvalue weighted by molar-refractivity contribution is 5.81. The number of allylic oxidation sites excluding steroid dienone is 4. The van der Waals surface area contributed by atoms with E-state index >= 15 is 0 Å². The van der Waals surface area contributed by atoms with Crippen LogP contribution in [0.2, 0.25) is 0 Å². The SMILES string of the molecule is CC1C=CC(Cn2c(=O)[nH]c3cc(Nc4ccccc4)ccc32)=CC1. The van der Waals surface area contributed by atoms with Crippen molar-refractivity contribution < 1.29 is 0 Å². The van der Waals surface area contributed by atoms with Crippen molar-refractivity contribution in [1.29, 1.82) is 0 Å². The van der Waals surface area contributed by atoms with Crippen molar-refractivity contribution in [2.24, 2.45) is 5.92 Å². The summed E-state index contributed by atoms with van der Waals surface area (Å²) in [6, 6.07) is 16.0. The molecule has 126 valence electrons. The summed E-state index contributed by atoms with van der Waals surface area (Å²) in [5.74, 6) is 0.579. The molecular formula is C21H21N3O. The Morgan fingerprint density at radius 3 is 2.76 bits per heavy atom. The molecule has 1 atom stereocenters. The molecule has 2 aromatic carbocycles. The second kappa shape index (κ2) is 6.48. The number of para-hydroxylation sites is 1. The molecule has 25 heavy (non-hydrogen) atoms. The molecule has 0 saturated heterocycles. The Morgan fingerprint density at radius 2 is 2.00 bits per heavy atom. The fourth-order valence-corrected chi connectivity index (χ4v) is 3.16. The minimum absolute atomic E-state index is 0.0696.